The highest BCUT2D eigenvalue weighted by Gasteiger charge is 1.96. The Bertz CT molecular complexity index is 745. The van der Waals surface area contributed by atoms with Crippen LogP contribution in [0.2, 0.25) is 0 Å². The predicted molar refractivity (Wildman–Crippen MR) is 111 cm³/mol. The van der Waals surface area contributed by atoms with E-state index in [-0.39, 0.29) is 0 Å². The van der Waals surface area contributed by atoms with Gasteiger partial charge in [-0.15, -0.1) is 5.46 Å². The second-order valence-corrected chi connectivity index (χ2v) is 7.29. The third-order valence-electron chi connectivity index (χ3n) is 3.88. The number of hydrogen-bond acceptors (Lipinski definition) is 2. The van der Waals surface area contributed by atoms with Crippen molar-refractivity contribution in [2.45, 2.75) is 48.5 Å². The zero-order valence-corrected chi connectivity index (χ0v) is 18.0. The Morgan fingerprint density at radius 3 is 1.21 bits per heavy atom. The summed E-state index contributed by atoms with van der Waals surface area (Å²) in [6.45, 7) is 14.3. The number of aryl methyl sites for hydroxylation is 7. The van der Waals surface area contributed by atoms with Crippen LogP contribution in [0.1, 0.15) is 39.5 Å². The first-order chi connectivity index (χ1) is 13.1. The van der Waals surface area contributed by atoms with Crippen molar-refractivity contribution in [2.24, 2.45) is 0 Å². The maximum atomic E-state index is 10.3. The molecule has 0 fully saturated rings. The molecule has 3 rings (SSSR count). The summed E-state index contributed by atoms with van der Waals surface area (Å²) < 4.78 is 0. The molecular formula is C23H31BN2O2. The van der Waals surface area contributed by atoms with Crippen molar-refractivity contribution in [3.8, 4) is 0 Å². The highest BCUT2D eigenvalue weighted by molar-refractivity contribution is 6.55. The van der Waals surface area contributed by atoms with Crippen molar-refractivity contribution in [1.82, 2.24) is 0 Å². The summed E-state index contributed by atoms with van der Waals surface area (Å²) in [6.07, 6.45) is 0. The third-order valence-corrected chi connectivity index (χ3v) is 3.88. The van der Waals surface area contributed by atoms with Crippen LogP contribution in [-0.4, -0.2) is 7.12 Å². The van der Waals surface area contributed by atoms with Crippen LogP contribution in [0.3, 0.4) is 0 Å². The van der Waals surface area contributed by atoms with E-state index in [4.69, 9.17) is 0 Å². The molecule has 0 radical (unpaired) electrons. The number of pyridine rings is 2. The third kappa shape index (κ3) is 9.44. The fourth-order valence-corrected chi connectivity index (χ4v) is 3.03. The number of aromatic amines is 2. The molecule has 5 heteroatoms. The smallest absolute Gasteiger partial charge is 0.176 e. The molecule has 0 amide bonds. The minimum Gasteiger partial charge on any atom is -0.889 e. The van der Waals surface area contributed by atoms with Gasteiger partial charge >= 0.3 is 0 Å². The van der Waals surface area contributed by atoms with Crippen LogP contribution in [0, 0.1) is 48.5 Å². The molecule has 0 spiro atoms. The van der Waals surface area contributed by atoms with Gasteiger partial charge in [0.25, 0.3) is 0 Å². The highest BCUT2D eigenvalue weighted by atomic mass is 16.4. The van der Waals surface area contributed by atoms with Crippen LogP contribution < -0.4 is 25.5 Å². The molecule has 2 aromatic heterocycles. The zero-order chi connectivity index (χ0) is 21.3. The Morgan fingerprint density at radius 1 is 0.571 bits per heavy atom. The van der Waals surface area contributed by atoms with Gasteiger partial charge in [0.1, 0.15) is 0 Å². The zero-order valence-electron chi connectivity index (χ0n) is 18.0. The van der Waals surface area contributed by atoms with Crippen LogP contribution in [0.4, 0.5) is 0 Å². The van der Waals surface area contributed by atoms with E-state index in [1.54, 1.807) is 18.2 Å². The maximum absolute atomic E-state index is 10.3. The van der Waals surface area contributed by atoms with E-state index >= 15 is 0 Å². The van der Waals surface area contributed by atoms with Crippen LogP contribution >= 0.6 is 0 Å². The van der Waals surface area contributed by atoms with Gasteiger partial charge < -0.3 is 10.0 Å². The molecule has 3 aromatic rings. The van der Waals surface area contributed by atoms with E-state index in [1.165, 1.54) is 33.9 Å². The summed E-state index contributed by atoms with van der Waals surface area (Å²) >= 11 is 0. The van der Waals surface area contributed by atoms with Crippen molar-refractivity contribution in [3.05, 3.63) is 88.0 Å². The Labute approximate surface area is 169 Å². The Kier molecular flexibility index (Phi) is 9.56. The molecule has 28 heavy (non-hydrogen) atoms. The van der Waals surface area contributed by atoms with Gasteiger partial charge in [-0.2, -0.15) is 0 Å². The van der Waals surface area contributed by atoms with E-state index < -0.39 is 7.12 Å². The lowest BCUT2D eigenvalue weighted by atomic mass is 9.80. The van der Waals surface area contributed by atoms with Gasteiger partial charge in [-0.1, -0.05) is 36.9 Å². The molecule has 2 N–H and O–H groups in total. The number of hydrogen-bond donors (Lipinski definition) is 0. The average molecular weight is 378 g/mol. The average Bonchev–Trinajstić information content (AvgIpc) is 2.53. The molecule has 0 aliphatic heterocycles. The van der Waals surface area contributed by atoms with Gasteiger partial charge in [0.05, 0.1) is 0 Å². The van der Waals surface area contributed by atoms with Crippen LogP contribution in [-0.2, 0) is 0 Å². The normalized spacial score (nSPS) is 9.61. The van der Waals surface area contributed by atoms with E-state index in [2.05, 4.69) is 75.8 Å². The summed E-state index contributed by atoms with van der Waals surface area (Å²) in [7, 11) is -1.85. The monoisotopic (exact) mass is 378 g/mol. The summed E-state index contributed by atoms with van der Waals surface area (Å²) in [4.78, 5) is 6.42. The number of aromatic nitrogens is 2. The molecule has 0 bridgehead atoms. The fraction of sp³-hybridized carbons (Fsp3) is 0.304. The maximum Gasteiger partial charge on any atom is 0.176 e. The van der Waals surface area contributed by atoms with Crippen molar-refractivity contribution in [1.29, 1.82) is 0 Å². The largest absolute Gasteiger partial charge is 0.889 e. The lowest BCUT2D eigenvalue weighted by Crippen LogP contribution is -2.55. The molecule has 1 aromatic carbocycles. The predicted octanol–water partition coefficient (Wildman–Crippen LogP) is 1.26. The lowest BCUT2D eigenvalue weighted by Gasteiger charge is -2.26. The number of benzene rings is 1. The Morgan fingerprint density at radius 2 is 0.964 bits per heavy atom. The molecule has 0 atom stereocenters. The van der Waals surface area contributed by atoms with E-state index in [0.717, 1.165) is 5.56 Å². The second-order valence-electron chi connectivity index (χ2n) is 7.29. The highest BCUT2D eigenvalue weighted by Crippen LogP contribution is 1.98. The van der Waals surface area contributed by atoms with Crippen molar-refractivity contribution in [2.75, 3.05) is 0 Å². The summed E-state index contributed by atoms with van der Waals surface area (Å²) in [5.41, 5.74) is 8.83. The number of rotatable bonds is 1. The van der Waals surface area contributed by atoms with Gasteiger partial charge in [0.15, 0.2) is 22.8 Å². The molecule has 0 saturated carbocycles. The van der Waals surface area contributed by atoms with Gasteiger partial charge in [-0.3, -0.25) is 0 Å². The quantitative estimate of drug-likeness (QED) is 0.598. The number of H-pyrrole nitrogens is 2. The van der Waals surface area contributed by atoms with Gasteiger partial charge in [-0.25, -0.2) is 9.97 Å². The summed E-state index contributed by atoms with van der Waals surface area (Å²) in [5, 5.41) is 20.7. The first kappa shape index (κ1) is 23.5. The van der Waals surface area contributed by atoms with Gasteiger partial charge in [0, 0.05) is 52.0 Å². The Balaban J connectivity index is 0.000000210. The van der Waals surface area contributed by atoms with E-state index in [1.807, 2.05) is 13.0 Å². The first-order valence-electron chi connectivity index (χ1n) is 9.39. The van der Waals surface area contributed by atoms with Gasteiger partial charge in [-0.05, 0) is 31.9 Å². The fourth-order valence-electron chi connectivity index (χ4n) is 3.03. The molecular weight excluding hydrogens is 347 g/mol. The summed E-state index contributed by atoms with van der Waals surface area (Å²) in [6, 6.07) is 15.3. The first-order valence-corrected chi connectivity index (χ1v) is 9.39. The van der Waals surface area contributed by atoms with Crippen molar-refractivity contribution < 1.29 is 20.0 Å². The molecule has 0 saturated heterocycles. The molecule has 2 heterocycles. The minimum atomic E-state index is -1.85. The number of nitrogens with one attached hydrogen (secondary N) is 2. The summed E-state index contributed by atoms with van der Waals surface area (Å²) in [5.74, 6) is 0. The van der Waals surface area contributed by atoms with Gasteiger partial charge in [0.2, 0.25) is 0 Å². The molecule has 0 unspecified atom stereocenters. The minimum absolute atomic E-state index is 0.319. The lowest BCUT2D eigenvalue weighted by molar-refractivity contribution is -0.397. The molecule has 0 aliphatic rings. The SMILES string of the molecule is Cc1cc(C)[nH+]c(C)c1.Cc1cc(C)[nH+]c(C)c1.Cc1cccc(B([O-])[O-])c1. The van der Waals surface area contributed by atoms with Crippen molar-refractivity contribution in [3.63, 3.8) is 0 Å². The topological polar surface area (TPSA) is 74.4 Å². The molecule has 148 valence electrons. The van der Waals surface area contributed by atoms with E-state index in [0.29, 0.717) is 5.46 Å². The van der Waals surface area contributed by atoms with Crippen LogP contribution in [0.5, 0.6) is 0 Å². The molecule has 0 aliphatic carbocycles. The van der Waals surface area contributed by atoms with E-state index in [9.17, 15) is 10.0 Å². The standard InChI is InChI=1S/2C8H11N.C7H7BO2/c2*1-6-4-7(2)9-8(3)5-6;1-6-3-2-4-7(5-6)8(9)10/h2*4-5H,1-3H3;2-5H,1H3/q;;-2/p+2. The molecule has 4 nitrogen and oxygen atoms in total. The van der Waals surface area contributed by atoms with Crippen molar-refractivity contribution >= 4 is 12.6 Å². The second kappa shape index (κ2) is 11.4. The van der Waals surface area contributed by atoms with Crippen LogP contribution in [0.25, 0.3) is 0 Å². The Hall–Kier alpha value is -2.50. The van der Waals surface area contributed by atoms with Crippen LogP contribution in [0.15, 0.2) is 48.5 Å².